The molecule has 0 saturated carbocycles. The maximum absolute atomic E-state index is 6.21. The van der Waals surface area contributed by atoms with E-state index in [2.05, 4.69) is 26.1 Å². The van der Waals surface area contributed by atoms with Crippen LogP contribution in [0.2, 0.25) is 15.1 Å². The highest BCUT2D eigenvalue weighted by molar-refractivity contribution is 6.39. The highest BCUT2D eigenvalue weighted by Gasteiger charge is 2.19. The zero-order valence-corrected chi connectivity index (χ0v) is 14.1. The van der Waals surface area contributed by atoms with Crippen LogP contribution in [-0.4, -0.2) is 13.1 Å². The molecule has 0 heterocycles. The van der Waals surface area contributed by atoms with Crippen molar-refractivity contribution in [1.29, 1.82) is 0 Å². The van der Waals surface area contributed by atoms with Crippen LogP contribution in [0.4, 0.5) is 0 Å². The Hall–Kier alpha value is 0.0500. The molecule has 0 aliphatic carbocycles. The van der Waals surface area contributed by atoms with Crippen LogP contribution in [-0.2, 0) is 6.42 Å². The minimum atomic E-state index is 0.272. The Kier molecular flexibility index (Phi) is 6.96. The standard InChI is InChI=1S/C15H22Cl3N/c1-4-19-8-7-15(2,3)6-5-12-13(17)9-11(16)10-14(12)18/h9-10,19H,4-8H2,1-3H3. The average molecular weight is 323 g/mol. The van der Waals surface area contributed by atoms with E-state index in [-0.39, 0.29) is 5.41 Å². The third-order valence-electron chi connectivity index (χ3n) is 3.39. The van der Waals surface area contributed by atoms with E-state index in [9.17, 15) is 0 Å². The molecule has 4 heteroatoms. The van der Waals surface area contributed by atoms with Crippen LogP contribution >= 0.6 is 34.8 Å². The first-order valence-corrected chi connectivity index (χ1v) is 7.83. The van der Waals surface area contributed by atoms with Gasteiger partial charge in [-0.25, -0.2) is 0 Å². The molecule has 0 saturated heterocycles. The van der Waals surface area contributed by atoms with Crippen LogP contribution < -0.4 is 5.32 Å². The third kappa shape index (κ3) is 5.91. The molecule has 1 rings (SSSR count). The first-order chi connectivity index (χ1) is 8.85. The predicted octanol–water partition coefficient (Wildman–Crippen LogP) is 5.61. The number of hydrogen-bond donors (Lipinski definition) is 1. The molecule has 0 aliphatic heterocycles. The van der Waals surface area contributed by atoms with Gasteiger partial charge in [0.2, 0.25) is 0 Å². The molecule has 0 radical (unpaired) electrons. The van der Waals surface area contributed by atoms with Crippen molar-refractivity contribution in [2.75, 3.05) is 13.1 Å². The number of nitrogens with one attached hydrogen (secondary N) is 1. The first kappa shape index (κ1) is 17.1. The van der Waals surface area contributed by atoms with Crippen molar-refractivity contribution in [2.45, 2.75) is 40.0 Å². The molecule has 0 fully saturated rings. The molecule has 19 heavy (non-hydrogen) atoms. The smallest absolute Gasteiger partial charge is 0.0467 e. The summed E-state index contributed by atoms with van der Waals surface area (Å²) >= 11 is 18.3. The lowest BCUT2D eigenvalue weighted by Crippen LogP contribution is -2.22. The maximum atomic E-state index is 6.21. The predicted molar refractivity (Wildman–Crippen MR) is 86.7 cm³/mol. The number of rotatable bonds is 7. The van der Waals surface area contributed by atoms with Crippen LogP contribution in [0.3, 0.4) is 0 Å². The van der Waals surface area contributed by atoms with Crippen molar-refractivity contribution in [3.8, 4) is 0 Å². The van der Waals surface area contributed by atoms with Gasteiger partial charge in [0.1, 0.15) is 0 Å². The number of halogens is 3. The zero-order chi connectivity index (χ0) is 14.5. The van der Waals surface area contributed by atoms with Gasteiger partial charge in [0.25, 0.3) is 0 Å². The summed E-state index contributed by atoms with van der Waals surface area (Å²) in [5.41, 5.74) is 1.28. The molecule has 1 nitrogen and oxygen atoms in total. The molecule has 0 amide bonds. The molecule has 0 atom stereocenters. The Balaban J connectivity index is 2.61. The molecule has 0 bridgehead atoms. The van der Waals surface area contributed by atoms with Crippen molar-refractivity contribution in [3.05, 3.63) is 32.8 Å². The van der Waals surface area contributed by atoms with Crippen LogP contribution in [0.1, 0.15) is 39.2 Å². The molecular weight excluding hydrogens is 301 g/mol. The van der Waals surface area contributed by atoms with Crippen LogP contribution in [0, 0.1) is 5.41 Å². The fourth-order valence-corrected chi connectivity index (χ4v) is 3.01. The summed E-state index contributed by atoms with van der Waals surface area (Å²) in [6.07, 6.45) is 3.08. The molecule has 1 aromatic rings. The summed E-state index contributed by atoms with van der Waals surface area (Å²) < 4.78 is 0. The minimum absolute atomic E-state index is 0.272. The first-order valence-electron chi connectivity index (χ1n) is 6.70. The van der Waals surface area contributed by atoms with E-state index < -0.39 is 0 Å². The Morgan fingerprint density at radius 1 is 1.05 bits per heavy atom. The van der Waals surface area contributed by atoms with Gasteiger partial charge in [-0.05, 0) is 55.5 Å². The fourth-order valence-electron chi connectivity index (χ4n) is 2.00. The van der Waals surface area contributed by atoms with Gasteiger partial charge in [0, 0.05) is 15.1 Å². The third-order valence-corrected chi connectivity index (χ3v) is 4.28. The van der Waals surface area contributed by atoms with Crippen molar-refractivity contribution in [3.63, 3.8) is 0 Å². The number of hydrogen-bond acceptors (Lipinski definition) is 1. The van der Waals surface area contributed by atoms with Crippen LogP contribution in [0.25, 0.3) is 0 Å². The van der Waals surface area contributed by atoms with E-state index in [1.807, 2.05) is 0 Å². The summed E-state index contributed by atoms with van der Waals surface area (Å²) in [5.74, 6) is 0. The van der Waals surface area contributed by atoms with E-state index >= 15 is 0 Å². The number of benzene rings is 1. The SMILES string of the molecule is CCNCCC(C)(C)CCc1c(Cl)cc(Cl)cc1Cl. The van der Waals surface area contributed by atoms with Crippen molar-refractivity contribution >= 4 is 34.8 Å². The molecule has 1 N–H and O–H groups in total. The van der Waals surface area contributed by atoms with Crippen molar-refractivity contribution in [2.24, 2.45) is 5.41 Å². The van der Waals surface area contributed by atoms with E-state index in [0.29, 0.717) is 15.1 Å². The minimum Gasteiger partial charge on any atom is -0.317 e. The van der Waals surface area contributed by atoms with Gasteiger partial charge in [0.15, 0.2) is 0 Å². The Morgan fingerprint density at radius 3 is 2.16 bits per heavy atom. The molecule has 0 aliphatic rings. The molecule has 0 unspecified atom stereocenters. The lowest BCUT2D eigenvalue weighted by atomic mass is 9.83. The quantitative estimate of drug-likeness (QED) is 0.644. The molecule has 0 spiro atoms. The second-order valence-corrected chi connectivity index (χ2v) is 6.87. The second kappa shape index (κ2) is 7.73. The highest BCUT2D eigenvalue weighted by Crippen LogP contribution is 2.33. The van der Waals surface area contributed by atoms with Crippen molar-refractivity contribution < 1.29 is 0 Å². The lowest BCUT2D eigenvalue weighted by Gasteiger charge is -2.25. The summed E-state index contributed by atoms with van der Waals surface area (Å²) in [6.45, 7) is 8.75. The normalized spacial score (nSPS) is 11.9. The van der Waals surface area contributed by atoms with Gasteiger partial charge >= 0.3 is 0 Å². The topological polar surface area (TPSA) is 12.0 Å². The molecular formula is C15H22Cl3N. The van der Waals surface area contributed by atoms with Crippen molar-refractivity contribution in [1.82, 2.24) is 5.32 Å². The lowest BCUT2D eigenvalue weighted by molar-refractivity contribution is 0.303. The van der Waals surface area contributed by atoms with E-state index in [4.69, 9.17) is 34.8 Å². The molecule has 108 valence electrons. The van der Waals surface area contributed by atoms with E-state index in [1.54, 1.807) is 12.1 Å². The second-order valence-electron chi connectivity index (χ2n) is 5.62. The van der Waals surface area contributed by atoms with Crippen LogP contribution in [0.15, 0.2) is 12.1 Å². The van der Waals surface area contributed by atoms with Gasteiger partial charge in [0.05, 0.1) is 0 Å². The molecule has 0 aromatic heterocycles. The van der Waals surface area contributed by atoms with Gasteiger partial charge in [-0.1, -0.05) is 55.6 Å². The zero-order valence-electron chi connectivity index (χ0n) is 11.8. The Labute approximate surface area is 131 Å². The Morgan fingerprint density at radius 2 is 1.63 bits per heavy atom. The van der Waals surface area contributed by atoms with E-state index in [0.717, 1.165) is 37.9 Å². The van der Waals surface area contributed by atoms with E-state index in [1.165, 1.54) is 0 Å². The summed E-state index contributed by atoms with van der Waals surface area (Å²) in [4.78, 5) is 0. The van der Waals surface area contributed by atoms with Gasteiger partial charge in [-0.15, -0.1) is 0 Å². The average Bonchev–Trinajstić information content (AvgIpc) is 2.27. The van der Waals surface area contributed by atoms with Gasteiger partial charge in [-0.3, -0.25) is 0 Å². The van der Waals surface area contributed by atoms with Gasteiger partial charge < -0.3 is 5.32 Å². The Bertz CT molecular complexity index is 393. The summed E-state index contributed by atoms with van der Waals surface area (Å²) in [7, 11) is 0. The summed E-state index contributed by atoms with van der Waals surface area (Å²) in [5, 5.41) is 5.28. The van der Waals surface area contributed by atoms with Crippen LogP contribution in [0.5, 0.6) is 0 Å². The largest absolute Gasteiger partial charge is 0.317 e. The monoisotopic (exact) mass is 321 g/mol. The highest BCUT2D eigenvalue weighted by atomic mass is 35.5. The maximum Gasteiger partial charge on any atom is 0.0467 e. The fraction of sp³-hybridized carbons (Fsp3) is 0.600. The molecule has 1 aromatic carbocycles. The van der Waals surface area contributed by atoms with Gasteiger partial charge in [-0.2, -0.15) is 0 Å². The summed E-state index contributed by atoms with van der Waals surface area (Å²) in [6, 6.07) is 3.52.